The van der Waals surface area contributed by atoms with E-state index in [4.69, 9.17) is 11.6 Å². The van der Waals surface area contributed by atoms with Crippen LogP contribution in [0.3, 0.4) is 0 Å². The van der Waals surface area contributed by atoms with Crippen molar-refractivity contribution < 1.29 is 4.79 Å². The van der Waals surface area contributed by atoms with Crippen molar-refractivity contribution in [3.05, 3.63) is 119 Å². The van der Waals surface area contributed by atoms with Gasteiger partial charge in [0.25, 0.3) is 5.91 Å². The number of carbonyl (C=O) groups excluding carboxylic acids is 1. The molecule has 0 aliphatic heterocycles. The van der Waals surface area contributed by atoms with Crippen LogP contribution in [0.25, 0.3) is 27.7 Å². The highest BCUT2D eigenvalue weighted by molar-refractivity contribution is 6.33. The Balaban J connectivity index is 1.57. The van der Waals surface area contributed by atoms with Crippen LogP contribution in [0.4, 0.5) is 0 Å². The van der Waals surface area contributed by atoms with Crippen LogP contribution in [-0.2, 0) is 0 Å². The van der Waals surface area contributed by atoms with Crippen LogP contribution in [0.5, 0.6) is 0 Å². The topological polar surface area (TPSA) is 59.3 Å². The smallest absolute Gasteiger partial charge is 0.265 e. The molecule has 0 aliphatic rings. The van der Waals surface area contributed by atoms with Gasteiger partial charge in [0.05, 0.1) is 17.6 Å². The zero-order valence-corrected chi connectivity index (χ0v) is 19.2. The lowest BCUT2D eigenvalue weighted by Crippen LogP contribution is -2.18. The summed E-state index contributed by atoms with van der Waals surface area (Å²) in [5.41, 5.74) is 7.32. The van der Waals surface area contributed by atoms with E-state index in [1.807, 2.05) is 78.3 Å². The third-order valence-electron chi connectivity index (χ3n) is 5.63. The molecule has 6 heteroatoms. The molecule has 0 radical (unpaired) electrons. The maximum atomic E-state index is 13.0. The Morgan fingerprint density at radius 2 is 1.68 bits per heavy atom. The molecule has 1 N–H and O–H groups in total. The predicted octanol–water partition coefficient (Wildman–Crippen LogP) is 6.42. The fraction of sp³-hybridized carbons (Fsp3) is 0.0357. The van der Waals surface area contributed by atoms with E-state index in [-0.39, 0.29) is 5.69 Å². The van der Waals surface area contributed by atoms with E-state index < -0.39 is 5.91 Å². The van der Waals surface area contributed by atoms with Crippen molar-refractivity contribution in [2.75, 3.05) is 0 Å². The van der Waals surface area contributed by atoms with Crippen molar-refractivity contribution in [3.63, 3.8) is 0 Å². The molecule has 0 saturated heterocycles. The lowest BCUT2D eigenvalue weighted by Gasteiger charge is -2.12. The van der Waals surface area contributed by atoms with Gasteiger partial charge in [-0.2, -0.15) is 10.2 Å². The van der Waals surface area contributed by atoms with Crippen LogP contribution in [0.15, 0.2) is 102 Å². The molecule has 0 aliphatic carbocycles. The van der Waals surface area contributed by atoms with E-state index in [1.165, 1.54) is 6.21 Å². The molecule has 0 atom stereocenters. The van der Waals surface area contributed by atoms with Gasteiger partial charge in [-0.1, -0.05) is 90.5 Å². The summed E-state index contributed by atoms with van der Waals surface area (Å²) >= 11 is 6.16. The number of para-hydroxylation sites is 1. The number of nitrogens with one attached hydrogen (secondary N) is 1. The first kappa shape index (κ1) is 21.6. The highest BCUT2D eigenvalue weighted by Crippen LogP contribution is 2.31. The van der Waals surface area contributed by atoms with Gasteiger partial charge in [0.2, 0.25) is 0 Å². The summed E-state index contributed by atoms with van der Waals surface area (Å²) in [4.78, 5) is 13.0. The number of benzene rings is 4. The van der Waals surface area contributed by atoms with Crippen molar-refractivity contribution in [3.8, 4) is 16.9 Å². The number of aromatic nitrogens is 2. The van der Waals surface area contributed by atoms with Crippen molar-refractivity contribution in [1.82, 2.24) is 15.2 Å². The number of hydrogen-bond acceptors (Lipinski definition) is 3. The number of nitrogens with zero attached hydrogens (tertiary/aromatic N) is 3. The summed E-state index contributed by atoms with van der Waals surface area (Å²) < 4.78 is 1.82. The molecule has 0 bridgehead atoms. The molecule has 0 unspecified atom stereocenters. The molecule has 5 rings (SSSR count). The number of carbonyl (C=O) groups is 1. The van der Waals surface area contributed by atoms with Gasteiger partial charge in [-0.25, -0.2) is 10.1 Å². The van der Waals surface area contributed by atoms with E-state index in [1.54, 1.807) is 12.1 Å². The van der Waals surface area contributed by atoms with Crippen LogP contribution in [-0.4, -0.2) is 21.9 Å². The highest BCUT2D eigenvalue weighted by atomic mass is 35.5. The molecule has 4 aromatic carbocycles. The van der Waals surface area contributed by atoms with Gasteiger partial charge in [0.15, 0.2) is 5.69 Å². The Kier molecular flexibility index (Phi) is 5.93. The van der Waals surface area contributed by atoms with Crippen molar-refractivity contribution in [1.29, 1.82) is 0 Å². The predicted molar refractivity (Wildman–Crippen MR) is 138 cm³/mol. The van der Waals surface area contributed by atoms with Gasteiger partial charge in [-0.05, 0) is 41.5 Å². The molecule has 34 heavy (non-hydrogen) atoms. The molecule has 1 amide bonds. The lowest BCUT2D eigenvalue weighted by atomic mass is 10.0. The Hall–Kier alpha value is -4.22. The van der Waals surface area contributed by atoms with Gasteiger partial charge in [0.1, 0.15) is 0 Å². The number of aryl methyl sites for hydroxylation is 1. The van der Waals surface area contributed by atoms with Crippen molar-refractivity contribution >= 4 is 34.5 Å². The van der Waals surface area contributed by atoms with Crippen molar-refractivity contribution in [2.24, 2.45) is 5.10 Å². The van der Waals surface area contributed by atoms with E-state index in [0.29, 0.717) is 10.6 Å². The quantitative estimate of drug-likeness (QED) is 0.241. The van der Waals surface area contributed by atoms with Crippen LogP contribution in [0, 0.1) is 6.92 Å². The first-order chi connectivity index (χ1) is 16.6. The molecule has 5 nitrogen and oxygen atoms in total. The number of fused-ring (bicyclic) bond motifs is 1. The number of hydrogen-bond donors (Lipinski definition) is 1. The summed E-state index contributed by atoms with van der Waals surface area (Å²) in [5, 5.41) is 11.5. The van der Waals surface area contributed by atoms with Crippen LogP contribution < -0.4 is 5.43 Å². The molecule has 0 saturated carbocycles. The van der Waals surface area contributed by atoms with Gasteiger partial charge < -0.3 is 0 Å². The monoisotopic (exact) mass is 464 g/mol. The molecule has 1 heterocycles. The maximum Gasteiger partial charge on any atom is 0.291 e. The maximum absolute atomic E-state index is 13.0. The Bertz CT molecular complexity index is 1530. The van der Waals surface area contributed by atoms with Crippen LogP contribution >= 0.6 is 11.6 Å². The molecular formula is C28H21ClN4O. The minimum absolute atomic E-state index is 0.266. The zero-order chi connectivity index (χ0) is 23.5. The standard InChI is InChI=1S/C28H21ClN4O/c1-19-9-2-7-16-26(19)33-27(23-14-8-12-20-10-3-5-13-22(20)23)17-25(32-33)28(34)31-30-18-21-11-4-6-15-24(21)29/h2-18H,1H3,(H,31,34)/b30-18-. The average molecular weight is 465 g/mol. The summed E-state index contributed by atoms with van der Waals surface area (Å²) in [6, 6.07) is 31.4. The molecular weight excluding hydrogens is 444 g/mol. The van der Waals surface area contributed by atoms with Crippen LogP contribution in [0.2, 0.25) is 5.02 Å². The number of hydrazone groups is 1. The van der Waals surface area contributed by atoms with Gasteiger partial charge in [0, 0.05) is 16.1 Å². The van der Waals surface area contributed by atoms with E-state index in [0.717, 1.165) is 33.3 Å². The Morgan fingerprint density at radius 3 is 2.53 bits per heavy atom. The summed E-state index contributed by atoms with van der Waals surface area (Å²) in [7, 11) is 0. The Morgan fingerprint density at radius 1 is 0.941 bits per heavy atom. The summed E-state index contributed by atoms with van der Waals surface area (Å²) in [6.45, 7) is 2.03. The number of halogens is 1. The second kappa shape index (κ2) is 9.33. The molecule has 1 aromatic heterocycles. The van der Waals surface area contributed by atoms with Gasteiger partial charge in [-0.15, -0.1) is 0 Å². The fourth-order valence-corrected chi connectivity index (χ4v) is 4.10. The summed E-state index contributed by atoms with van der Waals surface area (Å²) in [6.07, 6.45) is 1.52. The van der Waals surface area contributed by atoms with Gasteiger partial charge >= 0.3 is 0 Å². The molecule has 166 valence electrons. The number of rotatable bonds is 5. The minimum atomic E-state index is -0.405. The SMILES string of the molecule is Cc1ccccc1-n1nc(C(=O)N/N=C\c2ccccc2Cl)cc1-c1cccc2ccccc12. The zero-order valence-electron chi connectivity index (χ0n) is 18.4. The largest absolute Gasteiger partial charge is 0.291 e. The first-order valence-corrected chi connectivity index (χ1v) is 11.2. The van der Waals surface area contributed by atoms with E-state index in [2.05, 4.69) is 33.8 Å². The third-order valence-corrected chi connectivity index (χ3v) is 5.97. The normalized spacial score (nSPS) is 11.2. The van der Waals surface area contributed by atoms with Crippen molar-refractivity contribution in [2.45, 2.75) is 6.92 Å². The minimum Gasteiger partial charge on any atom is -0.265 e. The third kappa shape index (κ3) is 4.21. The molecule has 0 fully saturated rings. The van der Waals surface area contributed by atoms with E-state index in [9.17, 15) is 4.79 Å². The van der Waals surface area contributed by atoms with E-state index >= 15 is 0 Å². The Labute approximate surface area is 202 Å². The van der Waals surface area contributed by atoms with Crippen LogP contribution in [0.1, 0.15) is 21.6 Å². The fourth-order valence-electron chi connectivity index (χ4n) is 3.91. The second-order valence-electron chi connectivity index (χ2n) is 7.86. The first-order valence-electron chi connectivity index (χ1n) is 10.8. The average Bonchev–Trinajstić information content (AvgIpc) is 3.30. The molecule has 5 aromatic rings. The second-order valence-corrected chi connectivity index (χ2v) is 8.27. The highest BCUT2D eigenvalue weighted by Gasteiger charge is 2.19. The number of amides is 1. The summed E-state index contributed by atoms with van der Waals surface area (Å²) in [5.74, 6) is -0.405. The van der Waals surface area contributed by atoms with Gasteiger partial charge in [-0.3, -0.25) is 4.79 Å². The lowest BCUT2D eigenvalue weighted by molar-refractivity contribution is 0.0949. The molecule has 0 spiro atoms.